The number of aromatic carboxylic acids is 1. The molecule has 0 fully saturated rings. The highest BCUT2D eigenvalue weighted by Gasteiger charge is 2.21. The second-order valence-corrected chi connectivity index (χ2v) is 5.58. The van der Waals surface area contributed by atoms with Crippen molar-refractivity contribution in [3.63, 3.8) is 0 Å². The molecule has 0 aliphatic rings. The summed E-state index contributed by atoms with van der Waals surface area (Å²) in [5.74, 6) is -0.209. The van der Waals surface area contributed by atoms with Crippen LogP contribution >= 0.6 is 0 Å². The summed E-state index contributed by atoms with van der Waals surface area (Å²) in [7, 11) is 4.48. The molecule has 3 aromatic rings. The molecule has 26 heavy (non-hydrogen) atoms. The number of carboxylic acids is 1. The summed E-state index contributed by atoms with van der Waals surface area (Å²) in [4.78, 5) is 11.6. The normalized spacial score (nSPS) is 10.6. The molecule has 5 nitrogen and oxygen atoms in total. The minimum atomic E-state index is -1.07. The van der Waals surface area contributed by atoms with Gasteiger partial charge < -0.3 is 19.3 Å². The molecule has 0 spiro atoms. The van der Waals surface area contributed by atoms with Crippen molar-refractivity contribution in [1.29, 1.82) is 0 Å². The Morgan fingerprint density at radius 2 is 1.58 bits per heavy atom. The van der Waals surface area contributed by atoms with Crippen LogP contribution in [0.4, 0.5) is 4.39 Å². The summed E-state index contributed by atoms with van der Waals surface area (Å²) in [5, 5.41) is 10.7. The molecule has 6 heteroatoms. The predicted octanol–water partition coefficient (Wildman–Crippen LogP) is 4.37. The number of fused-ring (bicyclic) bond motifs is 1. The molecule has 0 bridgehead atoms. The first-order chi connectivity index (χ1) is 12.5. The Morgan fingerprint density at radius 3 is 2.12 bits per heavy atom. The highest BCUT2D eigenvalue weighted by Crippen LogP contribution is 2.47. The molecule has 0 saturated carbocycles. The minimum absolute atomic E-state index is 0.103. The number of ether oxygens (including phenoxy) is 3. The van der Waals surface area contributed by atoms with E-state index in [1.165, 1.54) is 45.6 Å². The zero-order valence-corrected chi connectivity index (χ0v) is 14.5. The number of halogens is 1. The largest absolute Gasteiger partial charge is 0.493 e. The van der Waals surface area contributed by atoms with E-state index < -0.39 is 5.97 Å². The maximum Gasteiger partial charge on any atom is 0.335 e. The van der Waals surface area contributed by atoms with Gasteiger partial charge in [-0.2, -0.15) is 0 Å². The van der Waals surface area contributed by atoms with Crippen molar-refractivity contribution in [2.75, 3.05) is 21.3 Å². The highest BCUT2D eigenvalue weighted by molar-refractivity contribution is 6.07. The van der Waals surface area contributed by atoms with Crippen molar-refractivity contribution in [3.8, 4) is 28.4 Å². The van der Waals surface area contributed by atoms with Crippen LogP contribution in [0.2, 0.25) is 0 Å². The Kier molecular flexibility index (Phi) is 4.67. The van der Waals surface area contributed by atoms with E-state index in [4.69, 9.17) is 14.2 Å². The molecule has 0 amide bonds. The summed E-state index contributed by atoms with van der Waals surface area (Å²) in [6, 6.07) is 10.6. The van der Waals surface area contributed by atoms with E-state index in [-0.39, 0.29) is 11.4 Å². The van der Waals surface area contributed by atoms with Gasteiger partial charge in [-0.25, -0.2) is 9.18 Å². The van der Waals surface area contributed by atoms with E-state index in [1.54, 1.807) is 18.2 Å². The quantitative estimate of drug-likeness (QED) is 0.735. The van der Waals surface area contributed by atoms with Crippen molar-refractivity contribution < 1.29 is 28.5 Å². The molecular formula is C20H17FO5. The summed E-state index contributed by atoms with van der Waals surface area (Å²) in [6.45, 7) is 0. The van der Waals surface area contributed by atoms with E-state index in [0.29, 0.717) is 39.1 Å². The number of carboxylic acid groups (broad SMARTS) is 1. The predicted molar refractivity (Wildman–Crippen MR) is 96.0 cm³/mol. The van der Waals surface area contributed by atoms with Gasteiger partial charge in [-0.15, -0.1) is 0 Å². The third-order valence-corrected chi connectivity index (χ3v) is 4.14. The third-order valence-electron chi connectivity index (χ3n) is 4.14. The molecule has 3 aromatic carbocycles. The first kappa shape index (κ1) is 17.5. The Hall–Kier alpha value is -3.28. The van der Waals surface area contributed by atoms with Crippen LogP contribution in [0.5, 0.6) is 17.2 Å². The standard InChI is InChI=1S/C20H17FO5/c1-24-16-10-12-8-13(20(22)23)9-15(11-4-6-14(21)7-5-11)17(12)19(26-3)18(16)25-2/h4-10H,1-3H3,(H,22,23). The second kappa shape index (κ2) is 6.92. The van der Waals surface area contributed by atoms with Crippen LogP contribution in [0.1, 0.15) is 10.4 Å². The fraction of sp³-hybridized carbons (Fsp3) is 0.150. The number of hydrogen-bond acceptors (Lipinski definition) is 4. The molecule has 0 aliphatic carbocycles. The highest BCUT2D eigenvalue weighted by atomic mass is 19.1. The van der Waals surface area contributed by atoms with Gasteiger partial charge in [0.05, 0.1) is 26.9 Å². The lowest BCUT2D eigenvalue weighted by molar-refractivity contribution is 0.0697. The summed E-state index contributed by atoms with van der Waals surface area (Å²) >= 11 is 0. The van der Waals surface area contributed by atoms with Gasteiger partial charge in [-0.3, -0.25) is 0 Å². The van der Waals surface area contributed by atoms with Gasteiger partial charge in [0.1, 0.15) is 5.82 Å². The van der Waals surface area contributed by atoms with Gasteiger partial charge in [0, 0.05) is 5.39 Å². The zero-order chi connectivity index (χ0) is 18.8. The van der Waals surface area contributed by atoms with E-state index in [1.807, 2.05) is 0 Å². The van der Waals surface area contributed by atoms with Gasteiger partial charge >= 0.3 is 5.97 Å². The van der Waals surface area contributed by atoms with E-state index in [0.717, 1.165) is 0 Å². The molecule has 134 valence electrons. The summed E-state index contributed by atoms with van der Waals surface area (Å²) in [6.07, 6.45) is 0. The molecular weight excluding hydrogens is 339 g/mol. The lowest BCUT2D eigenvalue weighted by Crippen LogP contribution is -2.00. The van der Waals surface area contributed by atoms with Gasteiger partial charge in [-0.1, -0.05) is 12.1 Å². The van der Waals surface area contributed by atoms with E-state index >= 15 is 0 Å². The monoisotopic (exact) mass is 356 g/mol. The number of benzene rings is 3. The smallest absolute Gasteiger partial charge is 0.335 e. The van der Waals surface area contributed by atoms with Crippen LogP contribution in [0.3, 0.4) is 0 Å². The minimum Gasteiger partial charge on any atom is -0.493 e. The summed E-state index contributed by atoms with van der Waals surface area (Å²) in [5.41, 5.74) is 1.36. The van der Waals surface area contributed by atoms with Crippen LogP contribution in [0.25, 0.3) is 21.9 Å². The van der Waals surface area contributed by atoms with Crippen molar-refractivity contribution in [2.45, 2.75) is 0 Å². The zero-order valence-electron chi connectivity index (χ0n) is 14.5. The van der Waals surface area contributed by atoms with Crippen molar-refractivity contribution >= 4 is 16.7 Å². The number of rotatable bonds is 5. The van der Waals surface area contributed by atoms with Crippen LogP contribution in [0.15, 0.2) is 42.5 Å². The number of hydrogen-bond donors (Lipinski definition) is 1. The van der Waals surface area contributed by atoms with Crippen LogP contribution < -0.4 is 14.2 Å². The first-order valence-electron chi connectivity index (χ1n) is 7.76. The van der Waals surface area contributed by atoms with E-state index in [9.17, 15) is 14.3 Å². The lowest BCUT2D eigenvalue weighted by Gasteiger charge is -2.18. The van der Waals surface area contributed by atoms with Crippen LogP contribution in [-0.4, -0.2) is 32.4 Å². The second-order valence-electron chi connectivity index (χ2n) is 5.58. The fourth-order valence-electron chi connectivity index (χ4n) is 2.98. The molecule has 0 heterocycles. The maximum absolute atomic E-state index is 13.3. The van der Waals surface area contributed by atoms with Crippen LogP contribution in [-0.2, 0) is 0 Å². The fourth-order valence-corrected chi connectivity index (χ4v) is 2.98. The van der Waals surface area contributed by atoms with E-state index in [2.05, 4.69) is 0 Å². The Bertz CT molecular complexity index is 980. The molecule has 0 atom stereocenters. The Labute approximate surface area is 149 Å². The van der Waals surface area contributed by atoms with Crippen molar-refractivity contribution in [3.05, 3.63) is 53.8 Å². The van der Waals surface area contributed by atoms with Gasteiger partial charge in [-0.05, 0) is 46.8 Å². The molecule has 0 aromatic heterocycles. The topological polar surface area (TPSA) is 65.0 Å². The molecule has 0 saturated heterocycles. The number of methoxy groups -OCH3 is 3. The average molecular weight is 356 g/mol. The average Bonchev–Trinajstić information content (AvgIpc) is 2.65. The van der Waals surface area contributed by atoms with Gasteiger partial charge in [0.15, 0.2) is 11.5 Å². The Balaban J connectivity index is 2.47. The maximum atomic E-state index is 13.3. The summed E-state index contributed by atoms with van der Waals surface area (Å²) < 4.78 is 29.7. The van der Waals surface area contributed by atoms with Gasteiger partial charge in [0.25, 0.3) is 0 Å². The number of carbonyl (C=O) groups is 1. The molecule has 0 radical (unpaired) electrons. The van der Waals surface area contributed by atoms with Crippen LogP contribution in [0, 0.1) is 5.82 Å². The first-order valence-corrected chi connectivity index (χ1v) is 7.76. The van der Waals surface area contributed by atoms with Crippen molar-refractivity contribution in [1.82, 2.24) is 0 Å². The SMILES string of the molecule is COc1cc2cc(C(=O)O)cc(-c3ccc(F)cc3)c2c(OC)c1OC. The molecule has 0 aliphatic heterocycles. The molecule has 0 unspecified atom stereocenters. The van der Waals surface area contributed by atoms with Gasteiger partial charge in [0.2, 0.25) is 5.75 Å². The Morgan fingerprint density at radius 1 is 0.923 bits per heavy atom. The molecule has 1 N–H and O–H groups in total. The van der Waals surface area contributed by atoms with Crippen molar-refractivity contribution in [2.24, 2.45) is 0 Å². The molecule has 3 rings (SSSR count). The lowest BCUT2D eigenvalue weighted by atomic mass is 9.94. The third kappa shape index (κ3) is 2.90.